The third-order valence-corrected chi connectivity index (χ3v) is 7.84. The Morgan fingerprint density at radius 1 is 1.19 bits per heavy atom. The van der Waals surface area contributed by atoms with E-state index in [1.807, 2.05) is 18.7 Å². The normalized spacial score (nSPS) is 23.3. The van der Waals surface area contributed by atoms with E-state index in [9.17, 15) is 13.2 Å². The average molecular weight is 380 g/mol. The molecule has 2 unspecified atom stereocenters. The molecule has 0 aromatic heterocycles. The summed E-state index contributed by atoms with van der Waals surface area (Å²) in [6.07, 6.45) is 3.01. The van der Waals surface area contributed by atoms with Crippen LogP contribution in [0.15, 0.2) is 23.1 Å². The van der Waals surface area contributed by atoms with Crippen LogP contribution in [0.4, 0.5) is 0 Å². The maximum absolute atomic E-state index is 13.2. The van der Waals surface area contributed by atoms with Crippen LogP contribution in [0, 0.1) is 6.92 Å². The van der Waals surface area contributed by atoms with E-state index >= 15 is 0 Å². The fourth-order valence-electron chi connectivity index (χ4n) is 4.18. The number of nitrogens with one attached hydrogen (secondary N) is 1. The van der Waals surface area contributed by atoms with E-state index in [0.29, 0.717) is 24.2 Å². The highest BCUT2D eigenvalue weighted by molar-refractivity contribution is 7.89. The van der Waals surface area contributed by atoms with E-state index in [1.54, 1.807) is 25.1 Å². The van der Waals surface area contributed by atoms with Gasteiger partial charge in [-0.3, -0.25) is 4.79 Å². The molecule has 144 valence electrons. The molecule has 0 saturated carbocycles. The molecule has 1 aromatic carbocycles. The van der Waals surface area contributed by atoms with Gasteiger partial charge in [0.1, 0.15) is 0 Å². The first-order valence-electron chi connectivity index (χ1n) is 9.54. The third kappa shape index (κ3) is 3.40. The van der Waals surface area contributed by atoms with Gasteiger partial charge < -0.3 is 10.2 Å². The first-order valence-corrected chi connectivity index (χ1v) is 11.0. The SMILES string of the molecule is CCN(CC)S(=O)(=O)c1cc(C(=O)N2C3CCNCC2CC3)ccc1C. The van der Waals surface area contributed by atoms with Crippen molar-refractivity contribution >= 4 is 15.9 Å². The third-order valence-electron chi connectivity index (χ3n) is 5.65. The minimum absolute atomic E-state index is 0.0443. The molecule has 1 N–H and O–H groups in total. The monoisotopic (exact) mass is 379 g/mol. The molecule has 2 atom stereocenters. The number of rotatable bonds is 5. The van der Waals surface area contributed by atoms with Crippen LogP contribution >= 0.6 is 0 Å². The Hall–Kier alpha value is -1.44. The molecule has 3 rings (SSSR count). The second kappa shape index (κ2) is 7.66. The van der Waals surface area contributed by atoms with Crippen molar-refractivity contribution in [2.75, 3.05) is 26.2 Å². The summed E-state index contributed by atoms with van der Waals surface area (Å²) in [5, 5.41) is 3.39. The summed E-state index contributed by atoms with van der Waals surface area (Å²) in [6.45, 7) is 8.01. The highest BCUT2D eigenvalue weighted by atomic mass is 32.2. The topological polar surface area (TPSA) is 69.7 Å². The lowest BCUT2D eigenvalue weighted by Crippen LogP contribution is -2.42. The highest BCUT2D eigenvalue weighted by Gasteiger charge is 2.38. The largest absolute Gasteiger partial charge is 0.331 e. The zero-order chi connectivity index (χ0) is 18.9. The fourth-order valence-corrected chi connectivity index (χ4v) is 5.89. The average Bonchev–Trinajstić information content (AvgIpc) is 2.88. The van der Waals surface area contributed by atoms with Crippen molar-refractivity contribution in [1.82, 2.24) is 14.5 Å². The van der Waals surface area contributed by atoms with Crippen molar-refractivity contribution in [3.8, 4) is 0 Å². The molecular weight excluding hydrogens is 350 g/mol. The van der Waals surface area contributed by atoms with Gasteiger partial charge in [-0.1, -0.05) is 19.9 Å². The van der Waals surface area contributed by atoms with Crippen molar-refractivity contribution in [1.29, 1.82) is 0 Å². The van der Waals surface area contributed by atoms with Gasteiger partial charge >= 0.3 is 0 Å². The van der Waals surface area contributed by atoms with Crippen molar-refractivity contribution in [3.05, 3.63) is 29.3 Å². The van der Waals surface area contributed by atoms with Crippen molar-refractivity contribution < 1.29 is 13.2 Å². The summed E-state index contributed by atoms with van der Waals surface area (Å²) in [6, 6.07) is 5.55. The van der Waals surface area contributed by atoms with Gasteiger partial charge in [-0.2, -0.15) is 4.31 Å². The molecule has 0 radical (unpaired) electrons. The highest BCUT2D eigenvalue weighted by Crippen LogP contribution is 2.30. The van der Waals surface area contributed by atoms with Crippen LogP contribution in [0.5, 0.6) is 0 Å². The predicted octanol–water partition coefficient (Wildman–Crippen LogP) is 1.99. The van der Waals surface area contributed by atoms with Crippen molar-refractivity contribution in [2.24, 2.45) is 0 Å². The van der Waals surface area contributed by atoms with Gasteiger partial charge in [-0.05, 0) is 50.4 Å². The predicted molar refractivity (Wildman–Crippen MR) is 102 cm³/mol. The van der Waals surface area contributed by atoms with E-state index in [1.165, 1.54) is 4.31 Å². The summed E-state index contributed by atoms with van der Waals surface area (Å²) in [5.41, 5.74) is 1.15. The number of hydrogen-bond donors (Lipinski definition) is 1. The minimum Gasteiger partial charge on any atom is -0.331 e. The smallest absolute Gasteiger partial charge is 0.254 e. The molecule has 2 aliphatic heterocycles. The maximum atomic E-state index is 13.2. The van der Waals surface area contributed by atoms with Crippen LogP contribution in [0.3, 0.4) is 0 Å². The van der Waals surface area contributed by atoms with Gasteiger partial charge in [0.15, 0.2) is 0 Å². The number of nitrogens with zero attached hydrogens (tertiary/aromatic N) is 2. The molecule has 1 aromatic rings. The molecular formula is C19H29N3O3S. The fraction of sp³-hybridized carbons (Fsp3) is 0.632. The lowest BCUT2D eigenvalue weighted by molar-refractivity contribution is 0.0680. The van der Waals surface area contributed by atoms with E-state index in [4.69, 9.17) is 0 Å². The summed E-state index contributed by atoms with van der Waals surface area (Å²) >= 11 is 0. The molecule has 2 saturated heterocycles. The maximum Gasteiger partial charge on any atom is 0.254 e. The Bertz CT molecular complexity index is 760. The van der Waals surface area contributed by atoms with Crippen LogP contribution < -0.4 is 5.32 Å². The van der Waals surface area contributed by atoms with Crippen LogP contribution in [0.25, 0.3) is 0 Å². The van der Waals surface area contributed by atoms with E-state index < -0.39 is 10.0 Å². The minimum atomic E-state index is -3.59. The van der Waals surface area contributed by atoms with Crippen molar-refractivity contribution in [2.45, 2.75) is 57.0 Å². The van der Waals surface area contributed by atoms with E-state index in [0.717, 1.165) is 32.4 Å². The van der Waals surface area contributed by atoms with Crippen LogP contribution in [-0.2, 0) is 10.0 Å². The number of amides is 1. The lowest BCUT2D eigenvalue weighted by atomic mass is 10.1. The molecule has 2 heterocycles. The molecule has 1 amide bonds. The Morgan fingerprint density at radius 2 is 1.88 bits per heavy atom. The first-order chi connectivity index (χ1) is 12.4. The van der Waals surface area contributed by atoms with Gasteiger partial charge in [0.2, 0.25) is 10.0 Å². The standard InChI is InChI=1S/C19H29N3O3S/c1-4-21(5-2)26(24,25)18-12-15(7-6-14(18)3)19(23)22-16-8-9-17(22)13-20-11-10-16/h6-7,12,16-17,20H,4-5,8-11,13H2,1-3H3. The number of sulfonamides is 1. The second-order valence-electron chi connectivity index (χ2n) is 7.16. The quantitative estimate of drug-likeness (QED) is 0.849. The Kier molecular flexibility index (Phi) is 5.69. The number of fused-ring (bicyclic) bond motifs is 2. The van der Waals surface area contributed by atoms with Crippen molar-refractivity contribution in [3.63, 3.8) is 0 Å². The molecule has 6 nitrogen and oxygen atoms in total. The Labute approximate surface area is 156 Å². The Balaban J connectivity index is 1.96. The molecule has 0 aliphatic carbocycles. The molecule has 2 aliphatic rings. The molecule has 0 spiro atoms. The summed E-state index contributed by atoms with van der Waals surface area (Å²) in [5.74, 6) is -0.0443. The first kappa shape index (κ1) is 19.3. The molecule has 2 bridgehead atoms. The zero-order valence-electron chi connectivity index (χ0n) is 15.9. The van der Waals surface area contributed by atoms with Gasteiger partial charge in [0, 0.05) is 37.3 Å². The lowest BCUT2D eigenvalue weighted by Gasteiger charge is -2.28. The zero-order valence-corrected chi connectivity index (χ0v) is 16.7. The summed E-state index contributed by atoms with van der Waals surface area (Å²) < 4.78 is 27.3. The van der Waals surface area contributed by atoms with Gasteiger partial charge in [0.05, 0.1) is 4.90 Å². The van der Waals surface area contributed by atoms with Crippen LogP contribution in [0.2, 0.25) is 0 Å². The number of aryl methyl sites for hydroxylation is 1. The summed E-state index contributed by atoms with van der Waals surface area (Å²) in [4.78, 5) is 15.4. The van der Waals surface area contributed by atoms with Crippen LogP contribution in [-0.4, -0.2) is 61.8 Å². The number of benzene rings is 1. The van der Waals surface area contributed by atoms with Gasteiger partial charge in [0.25, 0.3) is 5.91 Å². The number of carbonyl (C=O) groups is 1. The molecule has 26 heavy (non-hydrogen) atoms. The Morgan fingerprint density at radius 3 is 2.58 bits per heavy atom. The number of hydrogen-bond acceptors (Lipinski definition) is 4. The second-order valence-corrected chi connectivity index (χ2v) is 9.07. The van der Waals surface area contributed by atoms with Gasteiger partial charge in [-0.15, -0.1) is 0 Å². The number of carbonyl (C=O) groups excluding carboxylic acids is 1. The van der Waals surface area contributed by atoms with Gasteiger partial charge in [-0.25, -0.2) is 8.42 Å². The molecule has 7 heteroatoms. The van der Waals surface area contributed by atoms with E-state index in [-0.39, 0.29) is 22.9 Å². The summed E-state index contributed by atoms with van der Waals surface area (Å²) in [7, 11) is -3.59. The van der Waals surface area contributed by atoms with E-state index in [2.05, 4.69) is 5.32 Å². The van der Waals surface area contributed by atoms with Crippen LogP contribution in [0.1, 0.15) is 49.0 Å². The molecule has 2 fully saturated rings.